The second-order valence-electron chi connectivity index (χ2n) is 5.89. The highest BCUT2D eigenvalue weighted by Crippen LogP contribution is 2.29. The summed E-state index contributed by atoms with van der Waals surface area (Å²) in [6, 6.07) is 0.614. The van der Waals surface area contributed by atoms with Crippen LogP contribution in [0.25, 0.3) is 0 Å². The molecule has 2 rings (SSSR count). The van der Waals surface area contributed by atoms with E-state index in [4.69, 9.17) is 4.74 Å². The Morgan fingerprint density at radius 1 is 1.31 bits per heavy atom. The first kappa shape index (κ1) is 12.3. The van der Waals surface area contributed by atoms with Crippen LogP contribution in [0.5, 0.6) is 0 Å². The van der Waals surface area contributed by atoms with Crippen LogP contribution in [0.3, 0.4) is 0 Å². The molecule has 0 saturated carbocycles. The molecule has 2 atom stereocenters. The molecule has 0 aromatic carbocycles. The molecule has 0 bridgehead atoms. The highest BCUT2D eigenvalue weighted by Gasteiger charge is 2.31. The van der Waals surface area contributed by atoms with Crippen molar-refractivity contribution in [2.45, 2.75) is 51.7 Å². The molecule has 2 fully saturated rings. The van der Waals surface area contributed by atoms with Gasteiger partial charge in [-0.3, -0.25) is 0 Å². The number of rotatable bonds is 4. The molecule has 2 N–H and O–H groups in total. The fraction of sp³-hybridized carbons (Fsp3) is 1.00. The molecule has 3 heteroatoms. The molecular formula is C13H26N2O. The van der Waals surface area contributed by atoms with Gasteiger partial charge in [0.05, 0.1) is 6.10 Å². The Hall–Kier alpha value is -0.120. The predicted molar refractivity (Wildman–Crippen MR) is 66.6 cm³/mol. The van der Waals surface area contributed by atoms with Gasteiger partial charge in [-0.25, -0.2) is 0 Å². The number of ether oxygens (including phenoxy) is 1. The van der Waals surface area contributed by atoms with Crippen molar-refractivity contribution in [1.29, 1.82) is 0 Å². The van der Waals surface area contributed by atoms with Crippen molar-refractivity contribution < 1.29 is 4.74 Å². The van der Waals surface area contributed by atoms with Gasteiger partial charge in [-0.05, 0) is 37.6 Å². The first-order chi connectivity index (χ1) is 7.68. The van der Waals surface area contributed by atoms with Crippen LogP contribution in [-0.4, -0.2) is 38.4 Å². The maximum atomic E-state index is 5.61. The largest absolute Gasteiger partial charge is 0.377 e. The summed E-state index contributed by atoms with van der Waals surface area (Å²) in [5.41, 5.74) is 0.432. The average molecular weight is 226 g/mol. The second-order valence-corrected chi connectivity index (χ2v) is 5.89. The average Bonchev–Trinajstić information content (AvgIpc) is 2.73. The minimum Gasteiger partial charge on any atom is -0.377 e. The van der Waals surface area contributed by atoms with Crippen molar-refractivity contribution in [1.82, 2.24) is 10.6 Å². The van der Waals surface area contributed by atoms with E-state index in [-0.39, 0.29) is 0 Å². The minimum atomic E-state index is 0.432. The van der Waals surface area contributed by atoms with Gasteiger partial charge in [-0.15, -0.1) is 0 Å². The van der Waals surface area contributed by atoms with E-state index >= 15 is 0 Å². The third-order valence-electron chi connectivity index (χ3n) is 4.08. The molecule has 94 valence electrons. The van der Waals surface area contributed by atoms with Crippen LogP contribution >= 0.6 is 0 Å². The van der Waals surface area contributed by atoms with Gasteiger partial charge >= 0.3 is 0 Å². The Morgan fingerprint density at radius 2 is 2.19 bits per heavy atom. The van der Waals surface area contributed by atoms with Crippen LogP contribution in [0, 0.1) is 5.41 Å². The molecule has 0 radical (unpaired) electrons. The van der Waals surface area contributed by atoms with E-state index in [0.717, 1.165) is 19.7 Å². The van der Waals surface area contributed by atoms with Gasteiger partial charge in [0.25, 0.3) is 0 Å². The van der Waals surface area contributed by atoms with Crippen LogP contribution in [-0.2, 0) is 4.74 Å². The summed E-state index contributed by atoms with van der Waals surface area (Å²) < 4.78 is 5.61. The molecule has 2 aliphatic heterocycles. The standard InChI is InChI=1S/C13H26N2O/c1-13(2)6-4-7-15-12(13)10-14-9-11-5-3-8-16-11/h11-12,14-15H,3-10H2,1-2H3. The molecule has 2 aliphatic rings. The Kier molecular flexibility index (Phi) is 4.22. The summed E-state index contributed by atoms with van der Waals surface area (Å²) in [6.45, 7) is 8.98. The first-order valence-corrected chi connectivity index (χ1v) is 6.74. The summed E-state index contributed by atoms with van der Waals surface area (Å²) in [7, 11) is 0. The van der Waals surface area contributed by atoms with Crippen LogP contribution in [0.15, 0.2) is 0 Å². The van der Waals surface area contributed by atoms with Crippen LogP contribution < -0.4 is 10.6 Å². The van der Waals surface area contributed by atoms with Gasteiger partial charge in [0.15, 0.2) is 0 Å². The summed E-state index contributed by atoms with van der Waals surface area (Å²) >= 11 is 0. The minimum absolute atomic E-state index is 0.432. The molecule has 3 nitrogen and oxygen atoms in total. The van der Waals surface area contributed by atoms with Gasteiger partial charge in [0, 0.05) is 25.7 Å². The third-order valence-corrected chi connectivity index (χ3v) is 4.08. The van der Waals surface area contributed by atoms with Crippen LogP contribution in [0.4, 0.5) is 0 Å². The number of hydrogen-bond donors (Lipinski definition) is 2. The van der Waals surface area contributed by atoms with Crippen molar-refractivity contribution in [2.75, 3.05) is 26.2 Å². The molecular weight excluding hydrogens is 200 g/mol. The van der Waals surface area contributed by atoms with Crippen LogP contribution in [0.1, 0.15) is 39.5 Å². The number of piperidine rings is 1. The second kappa shape index (κ2) is 5.48. The molecule has 2 heterocycles. The summed E-state index contributed by atoms with van der Waals surface area (Å²) in [4.78, 5) is 0. The maximum Gasteiger partial charge on any atom is 0.0700 e. The van der Waals surface area contributed by atoms with E-state index in [0.29, 0.717) is 17.6 Å². The molecule has 0 spiro atoms. The predicted octanol–water partition coefficient (Wildman–Crippen LogP) is 1.53. The zero-order chi connectivity index (χ0) is 11.4. The van der Waals surface area contributed by atoms with Crippen molar-refractivity contribution in [3.63, 3.8) is 0 Å². The van der Waals surface area contributed by atoms with E-state index in [2.05, 4.69) is 24.5 Å². The molecule has 16 heavy (non-hydrogen) atoms. The maximum absolute atomic E-state index is 5.61. The number of nitrogens with one attached hydrogen (secondary N) is 2. The Bertz CT molecular complexity index is 212. The SMILES string of the molecule is CC1(C)CCCNC1CNCC1CCCO1. The molecule has 0 aromatic rings. The van der Waals surface area contributed by atoms with E-state index < -0.39 is 0 Å². The van der Waals surface area contributed by atoms with Gasteiger partial charge in [0.2, 0.25) is 0 Å². The van der Waals surface area contributed by atoms with Gasteiger partial charge in [-0.2, -0.15) is 0 Å². The Balaban J connectivity index is 1.67. The van der Waals surface area contributed by atoms with Crippen molar-refractivity contribution in [2.24, 2.45) is 5.41 Å². The third kappa shape index (κ3) is 3.19. The quantitative estimate of drug-likeness (QED) is 0.763. The highest BCUT2D eigenvalue weighted by molar-refractivity contribution is 4.89. The lowest BCUT2D eigenvalue weighted by Crippen LogP contribution is -2.52. The monoisotopic (exact) mass is 226 g/mol. The van der Waals surface area contributed by atoms with Crippen molar-refractivity contribution in [3.05, 3.63) is 0 Å². The lowest BCUT2D eigenvalue weighted by atomic mass is 9.77. The molecule has 2 saturated heterocycles. The topological polar surface area (TPSA) is 33.3 Å². The van der Waals surface area contributed by atoms with E-state index in [1.54, 1.807) is 0 Å². The number of hydrogen-bond acceptors (Lipinski definition) is 3. The van der Waals surface area contributed by atoms with E-state index in [1.807, 2.05) is 0 Å². The van der Waals surface area contributed by atoms with E-state index in [9.17, 15) is 0 Å². The van der Waals surface area contributed by atoms with Crippen molar-refractivity contribution in [3.8, 4) is 0 Å². The lowest BCUT2D eigenvalue weighted by molar-refractivity contribution is 0.105. The summed E-state index contributed by atoms with van der Waals surface area (Å²) in [5, 5.41) is 7.20. The normalized spacial score (nSPS) is 34.1. The van der Waals surface area contributed by atoms with Crippen LogP contribution in [0.2, 0.25) is 0 Å². The fourth-order valence-corrected chi connectivity index (χ4v) is 2.81. The smallest absolute Gasteiger partial charge is 0.0700 e. The van der Waals surface area contributed by atoms with Gasteiger partial charge in [0.1, 0.15) is 0 Å². The zero-order valence-electron chi connectivity index (χ0n) is 10.7. The summed E-state index contributed by atoms with van der Waals surface area (Å²) in [5.74, 6) is 0. The Labute approximate surface area is 99.3 Å². The molecule has 0 aromatic heterocycles. The molecule has 0 aliphatic carbocycles. The highest BCUT2D eigenvalue weighted by atomic mass is 16.5. The fourth-order valence-electron chi connectivity index (χ4n) is 2.81. The first-order valence-electron chi connectivity index (χ1n) is 6.74. The van der Waals surface area contributed by atoms with Gasteiger partial charge < -0.3 is 15.4 Å². The Morgan fingerprint density at radius 3 is 2.88 bits per heavy atom. The molecule has 2 unspecified atom stereocenters. The van der Waals surface area contributed by atoms with E-state index in [1.165, 1.54) is 32.2 Å². The molecule has 0 amide bonds. The zero-order valence-corrected chi connectivity index (χ0v) is 10.7. The lowest BCUT2D eigenvalue weighted by Gasteiger charge is -2.39. The summed E-state index contributed by atoms with van der Waals surface area (Å²) in [6.07, 6.45) is 5.59. The van der Waals surface area contributed by atoms with Gasteiger partial charge in [-0.1, -0.05) is 13.8 Å². The van der Waals surface area contributed by atoms with Crippen molar-refractivity contribution >= 4 is 0 Å².